The molecule has 0 bridgehead atoms. The van der Waals surface area contributed by atoms with Crippen molar-refractivity contribution in [3.8, 4) is 6.07 Å². The molecule has 4 nitrogen and oxygen atoms in total. The molecule has 3 N–H and O–H groups in total. The Bertz CT molecular complexity index is 467. The lowest BCUT2D eigenvalue weighted by Gasteiger charge is -2.10. The van der Waals surface area contributed by atoms with E-state index in [1.54, 1.807) is 6.07 Å². The van der Waals surface area contributed by atoms with Gasteiger partial charge in [0.25, 0.3) is 6.43 Å². The highest BCUT2D eigenvalue weighted by Crippen LogP contribution is 2.27. The summed E-state index contributed by atoms with van der Waals surface area (Å²) in [6.45, 7) is -0.211. The molecule has 84 valence electrons. The van der Waals surface area contributed by atoms with Crippen molar-refractivity contribution >= 4 is 5.97 Å². The smallest absolute Gasteiger partial charge is 0.336 e. The van der Waals surface area contributed by atoms with Crippen LogP contribution in [0.5, 0.6) is 0 Å². The van der Waals surface area contributed by atoms with Crippen molar-refractivity contribution < 1.29 is 18.7 Å². The van der Waals surface area contributed by atoms with Crippen molar-refractivity contribution in [3.63, 3.8) is 0 Å². The summed E-state index contributed by atoms with van der Waals surface area (Å²) in [6.07, 6.45) is -2.95. The number of halogens is 2. The second-order valence-corrected chi connectivity index (χ2v) is 3.02. The summed E-state index contributed by atoms with van der Waals surface area (Å²) in [5, 5.41) is 17.4. The average molecular weight is 226 g/mol. The van der Waals surface area contributed by atoms with Gasteiger partial charge in [-0.15, -0.1) is 0 Å². The number of carboxylic acid groups (broad SMARTS) is 1. The number of hydrogen-bond donors (Lipinski definition) is 2. The van der Waals surface area contributed by atoms with Crippen molar-refractivity contribution in [3.05, 3.63) is 34.4 Å². The highest BCUT2D eigenvalue weighted by molar-refractivity contribution is 5.91. The maximum atomic E-state index is 12.6. The zero-order chi connectivity index (χ0) is 12.3. The highest BCUT2D eigenvalue weighted by Gasteiger charge is 2.22. The third-order valence-electron chi connectivity index (χ3n) is 2.05. The Morgan fingerprint density at radius 3 is 2.56 bits per heavy atom. The molecule has 0 fully saturated rings. The topological polar surface area (TPSA) is 87.1 Å². The zero-order valence-electron chi connectivity index (χ0n) is 8.08. The summed E-state index contributed by atoms with van der Waals surface area (Å²) < 4.78 is 25.2. The normalized spacial score (nSPS) is 10.2. The predicted molar refractivity (Wildman–Crippen MR) is 51.0 cm³/mol. The molecule has 6 heteroatoms. The molecular weight excluding hydrogens is 218 g/mol. The van der Waals surface area contributed by atoms with E-state index in [9.17, 15) is 13.6 Å². The monoisotopic (exact) mass is 226 g/mol. The Labute approximate surface area is 89.9 Å². The number of rotatable bonds is 3. The standard InChI is InChI=1S/C10H8F2N2O2/c11-9(12)7-2-5(3-13)1-6(4-14)8(7)10(15)16/h1-2,9H,4,14H2,(H,15,16). The van der Waals surface area contributed by atoms with Crippen molar-refractivity contribution in [2.75, 3.05) is 0 Å². The first kappa shape index (κ1) is 12.1. The van der Waals surface area contributed by atoms with Crippen molar-refractivity contribution in [2.45, 2.75) is 13.0 Å². The lowest BCUT2D eigenvalue weighted by Crippen LogP contribution is -2.11. The van der Waals surface area contributed by atoms with E-state index in [1.807, 2.05) is 0 Å². The van der Waals surface area contributed by atoms with E-state index in [0.717, 1.165) is 6.07 Å². The van der Waals surface area contributed by atoms with Crippen molar-refractivity contribution in [1.29, 1.82) is 5.26 Å². The molecule has 0 unspecified atom stereocenters. The van der Waals surface area contributed by atoms with Gasteiger partial charge in [0.1, 0.15) is 0 Å². The van der Waals surface area contributed by atoms with Gasteiger partial charge in [-0.05, 0) is 17.7 Å². The Kier molecular flexibility index (Phi) is 3.53. The molecule has 0 saturated carbocycles. The summed E-state index contributed by atoms with van der Waals surface area (Å²) in [4.78, 5) is 10.8. The predicted octanol–water partition coefficient (Wildman–Crippen LogP) is 1.65. The van der Waals surface area contributed by atoms with Crippen molar-refractivity contribution in [1.82, 2.24) is 0 Å². The summed E-state index contributed by atoms with van der Waals surface area (Å²) in [7, 11) is 0. The summed E-state index contributed by atoms with van der Waals surface area (Å²) in [6, 6.07) is 3.75. The Morgan fingerprint density at radius 2 is 2.19 bits per heavy atom. The number of alkyl halides is 2. The molecule has 0 radical (unpaired) electrons. The summed E-state index contributed by atoms with van der Waals surface area (Å²) in [5.41, 5.74) is 4.07. The first-order chi connectivity index (χ1) is 7.51. The van der Waals surface area contributed by atoms with Crippen LogP contribution in [0.25, 0.3) is 0 Å². The Balaban J connectivity index is 3.55. The molecule has 0 heterocycles. The van der Waals surface area contributed by atoms with Gasteiger partial charge in [0.15, 0.2) is 0 Å². The number of aromatic carboxylic acids is 1. The van der Waals surface area contributed by atoms with Crippen LogP contribution in [0.3, 0.4) is 0 Å². The first-order valence-electron chi connectivity index (χ1n) is 4.29. The fraction of sp³-hybridized carbons (Fsp3) is 0.200. The van der Waals surface area contributed by atoms with Gasteiger partial charge in [-0.25, -0.2) is 13.6 Å². The van der Waals surface area contributed by atoms with Crippen LogP contribution in [0.15, 0.2) is 12.1 Å². The molecule has 1 aromatic carbocycles. The van der Waals surface area contributed by atoms with Gasteiger partial charge in [-0.2, -0.15) is 5.26 Å². The minimum atomic E-state index is -2.95. The molecular formula is C10H8F2N2O2. The number of nitriles is 1. The van der Waals surface area contributed by atoms with Crippen LogP contribution in [-0.2, 0) is 6.54 Å². The SMILES string of the molecule is N#Cc1cc(CN)c(C(=O)O)c(C(F)F)c1. The van der Waals surface area contributed by atoms with Gasteiger partial charge in [-0.3, -0.25) is 0 Å². The minimum absolute atomic E-state index is 0.0271. The van der Waals surface area contributed by atoms with Gasteiger partial charge in [-0.1, -0.05) is 0 Å². The molecule has 0 aliphatic heterocycles. The third-order valence-corrected chi connectivity index (χ3v) is 2.05. The van der Waals surface area contributed by atoms with E-state index in [-0.39, 0.29) is 17.7 Å². The van der Waals surface area contributed by atoms with Gasteiger partial charge in [0, 0.05) is 12.1 Å². The quantitative estimate of drug-likeness (QED) is 0.820. The maximum absolute atomic E-state index is 12.6. The van der Waals surface area contributed by atoms with E-state index >= 15 is 0 Å². The number of carboxylic acids is 1. The molecule has 0 aliphatic carbocycles. The highest BCUT2D eigenvalue weighted by atomic mass is 19.3. The number of nitrogens with zero attached hydrogens (tertiary/aromatic N) is 1. The van der Waals surface area contributed by atoms with Gasteiger partial charge in [0.2, 0.25) is 0 Å². The second kappa shape index (κ2) is 4.68. The van der Waals surface area contributed by atoms with E-state index in [2.05, 4.69) is 0 Å². The zero-order valence-corrected chi connectivity index (χ0v) is 8.08. The number of carbonyl (C=O) groups is 1. The maximum Gasteiger partial charge on any atom is 0.336 e. The largest absolute Gasteiger partial charge is 0.478 e. The fourth-order valence-corrected chi connectivity index (χ4v) is 1.39. The molecule has 16 heavy (non-hydrogen) atoms. The number of benzene rings is 1. The molecule has 1 aromatic rings. The van der Waals surface area contributed by atoms with E-state index in [0.29, 0.717) is 0 Å². The van der Waals surface area contributed by atoms with E-state index < -0.39 is 23.5 Å². The van der Waals surface area contributed by atoms with Crippen LogP contribution >= 0.6 is 0 Å². The molecule has 0 atom stereocenters. The van der Waals surface area contributed by atoms with Gasteiger partial charge in [0.05, 0.1) is 17.2 Å². The minimum Gasteiger partial charge on any atom is -0.478 e. The molecule has 0 amide bonds. The molecule has 1 rings (SSSR count). The third kappa shape index (κ3) is 2.15. The molecule has 0 aliphatic rings. The van der Waals surface area contributed by atoms with Crippen LogP contribution in [-0.4, -0.2) is 11.1 Å². The van der Waals surface area contributed by atoms with Crippen LogP contribution in [0.4, 0.5) is 8.78 Å². The lowest BCUT2D eigenvalue weighted by atomic mass is 9.98. The van der Waals surface area contributed by atoms with Crippen LogP contribution in [0.1, 0.15) is 33.5 Å². The second-order valence-electron chi connectivity index (χ2n) is 3.02. The van der Waals surface area contributed by atoms with Crippen LogP contribution < -0.4 is 5.73 Å². The van der Waals surface area contributed by atoms with Crippen LogP contribution in [0.2, 0.25) is 0 Å². The Morgan fingerprint density at radius 1 is 1.56 bits per heavy atom. The number of nitrogens with two attached hydrogens (primary N) is 1. The summed E-state index contributed by atoms with van der Waals surface area (Å²) >= 11 is 0. The molecule has 0 saturated heterocycles. The van der Waals surface area contributed by atoms with Crippen molar-refractivity contribution in [2.24, 2.45) is 5.73 Å². The van der Waals surface area contributed by atoms with E-state index in [4.69, 9.17) is 16.1 Å². The fourth-order valence-electron chi connectivity index (χ4n) is 1.39. The van der Waals surface area contributed by atoms with Gasteiger partial charge >= 0.3 is 5.97 Å². The Hall–Kier alpha value is -2.00. The average Bonchev–Trinajstić information content (AvgIpc) is 2.26. The molecule has 0 spiro atoms. The molecule has 0 aromatic heterocycles. The van der Waals surface area contributed by atoms with E-state index in [1.165, 1.54) is 6.07 Å². The lowest BCUT2D eigenvalue weighted by molar-refractivity contribution is 0.0683. The first-order valence-corrected chi connectivity index (χ1v) is 4.29. The van der Waals surface area contributed by atoms with Gasteiger partial charge < -0.3 is 10.8 Å². The summed E-state index contributed by atoms with van der Waals surface area (Å²) in [5.74, 6) is -1.47. The van der Waals surface area contributed by atoms with Crippen LogP contribution in [0, 0.1) is 11.3 Å². The number of hydrogen-bond acceptors (Lipinski definition) is 3.